The molecule has 1 N–H and O–H groups in total. The van der Waals surface area contributed by atoms with Gasteiger partial charge >= 0.3 is 0 Å². The van der Waals surface area contributed by atoms with Crippen molar-refractivity contribution in [2.75, 3.05) is 5.32 Å². The molecule has 0 fully saturated rings. The number of halogens is 2. The second-order valence-corrected chi connectivity index (χ2v) is 4.61. The van der Waals surface area contributed by atoms with Crippen molar-refractivity contribution in [3.8, 4) is 0 Å². The zero-order valence-electron chi connectivity index (χ0n) is 10.8. The third-order valence-electron chi connectivity index (χ3n) is 2.73. The molecular formula is C13H9ClFN3O3. The van der Waals surface area contributed by atoms with E-state index in [-0.39, 0.29) is 16.3 Å². The predicted molar refractivity (Wildman–Crippen MR) is 75.0 cm³/mol. The van der Waals surface area contributed by atoms with E-state index in [0.717, 1.165) is 12.3 Å². The molecule has 0 spiro atoms. The zero-order chi connectivity index (χ0) is 15.6. The number of hydrogen-bond donors (Lipinski definition) is 1. The molecule has 0 aliphatic rings. The average Bonchev–Trinajstić information content (AvgIpc) is 2.42. The lowest BCUT2D eigenvalue weighted by Gasteiger charge is -2.09. The molecule has 1 aromatic heterocycles. The van der Waals surface area contributed by atoms with Crippen molar-refractivity contribution in [2.24, 2.45) is 0 Å². The van der Waals surface area contributed by atoms with Crippen LogP contribution in [0.5, 0.6) is 0 Å². The second-order valence-electron chi connectivity index (χ2n) is 4.20. The Morgan fingerprint density at radius 1 is 1.43 bits per heavy atom. The van der Waals surface area contributed by atoms with E-state index in [1.807, 2.05) is 0 Å². The highest BCUT2D eigenvalue weighted by Crippen LogP contribution is 2.30. The van der Waals surface area contributed by atoms with Crippen LogP contribution in [0, 0.1) is 23.0 Å². The van der Waals surface area contributed by atoms with Crippen LogP contribution in [0.15, 0.2) is 30.5 Å². The number of nitro groups is 1. The van der Waals surface area contributed by atoms with Crippen molar-refractivity contribution in [1.82, 2.24) is 4.98 Å². The molecule has 1 amide bonds. The first-order valence-electron chi connectivity index (χ1n) is 5.76. The number of nitrogens with zero attached hydrogens (tertiary/aromatic N) is 2. The molecular weight excluding hydrogens is 301 g/mol. The number of pyridine rings is 1. The van der Waals surface area contributed by atoms with Crippen LogP contribution in [-0.4, -0.2) is 15.8 Å². The molecule has 0 saturated carbocycles. The van der Waals surface area contributed by atoms with Crippen molar-refractivity contribution in [3.63, 3.8) is 0 Å². The minimum atomic E-state index is -0.693. The molecule has 0 saturated heterocycles. The number of carbonyl (C=O) groups is 1. The number of nitro benzene ring substituents is 1. The Hall–Kier alpha value is -2.54. The van der Waals surface area contributed by atoms with Gasteiger partial charge in [-0.25, -0.2) is 4.98 Å². The van der Waals surface area contributed by atoms with Gasteiger partial charge in [0.05, 0.1) is 10.5 Å². The minimum absolute atomic E-state index is 0.0851. The van der Waals surface area contributed by atoms with Gasteiger partial charge < -0.3 is 5.32 Å². The smallest absolute Gasteiger partial charge is 0.288 e. The van der Waals surface area contributed by atoms with Gasteiger partial charge in [0.1, 0.15) is 5.02 Å². The number of carbonyl (C=O) groups excluding carboxylic acids is 1. The third kappa shape index (κ3) is 3.32. The van der Waals surface area contributed by atoms with E-state index in [2.05, 4.69) is 10.3 Å². The van der Waals surface area contributed by atoms with Gasteiger partial charge in [0.15, 0.2) is 0 Å². The SMILES string of the molecule is Cc1cc([N+](=O)[O-])c(Cl)cc1NC(=O)c1ccc(F)nc1. The number of hydrogen-bond acceptors (Lipinski definition) is 4. The number of aryl methyl sites for hydroxylation is 1. The molecule has 8 heteroatoms. The fourth-order valence-electron chi connectivity index (χ4n) is 1.65. The van der Waals surface area contributed by atoms with Crippen LogP contribution >= 0.6 is 11.6 Å². The normalized spacial score (nSPS) is 10.2. The van der Waals surface area contributed by atoms with E-state index in [1.54, 1.807) is 6.92 Å². The number of benzene rings is 1. The summed E-state index contributed by atoms with van der Waals surface area (Å²) in [6.45, 7) is 1.60. The molecule has 0 atom stereocenters. The van der Waals surface area contributed by atoms with Gasteiger partial charge in [-0.05, 0) is 30.7 Å². The van der Waals surface area contributed by atoms with Crippen LogP contribution < -0.4 is 5.32 Å². The largest absolute Gasteiger partial charge is 0.322 e. The van der Waals surface area contributed by atoms with Gasteiger partial charge in [-0.1, -0.05) is 11.6 Å². The number of anilines is 1. The van der Waals surface area contributed by atoms with Crippen LogP contribution in [-0.2, 0) is 0 Å². The Kier molecular flexibility index (Phi) is 4.13. The molecule has 0 aliphatic heterocycles. The Bertz CT molecular complexity index is 719. The molecule has 0 unspecified atom stereocenters. The summed E-state index contributed by atoms with van der Waals surface area (Å²) in [5, 5.41) is 13.2. The molecule has 108 valence electrons. The summed E-state index contributed by atoms with van der Waals surface area (Å²) in [4.78, 5) is 25.5. The summed E-state index contributed by atoms with van der Waals surface area (Å²) in [7, 11) is 0. The van der Waals surface area contributed by atoms with Crippen LogP contribution in [0.25, 0.3) is 0 Å². The quantitative estimate of drug-likeness (QED) is 0.535. The first-order valence-corrected chi connectivity index (χ1v) is 6.13. The van der Waals surface area contributed by atoms with E-state index < -0.39 is 16.8 Å². The van der Waals surface area contributed by atoms with Gasteiger partial charge in [0, 0.05) is 18.0 Å². The van der Waals surface area contributed by atoms with E-state index >= 15 is 0 Å². The Balaban J connectivity index is 2.27. The molecule has 21 heavy (non-hydrogen) atoms. The van der Waals surface area contributed by atoms with Crippen molar-refractivity contribution in [1.29, 1.82) is 0 Å². The second kappa shape index (κ2) is 5.84. The summed E-state index contributed by atoms with van der Waals surface area (Å²) in [5.74, 6) is -1.21. The maximum Gasteiger partial charge on any atom is 0.288 e. The summed E-state index contributed by atoms with van der Waals surface area (Å²) in [6, 6.07) is 4.90. The van der Waals surface area contributed by atoms with E-state index in [1.165, 1.54) is 18.2 Å². The van der Waals surface area contributed by atoms with Gasteiger partial charge in [0.25, 0.3) is 11.6 Å². The highest BCUT2D eigenvalue weighted by atomic mass is 35.5. The molecule has 0 bridgehead atoms. The molecule has 0 aliphatic carbocycles. The summed E-state index contributed by atoms with van der Waals surface area (Å²) in [6.07, 6.45) is 1.09. The molecule has 2 aromatic rings. The summed E-state index contributed by atoms with van der Waals surface area (Å²) in [5.41, 5.74) is 0.732. The van der Waals surface area contributed by atoms with Crippen molar-refractivity contribution in [3.05, 3.63) is 62.7 Å². The Labute approximate surface area is 123 Å². The first-order chi connectivity index (χ1) is 9.88. The lowest BCUT2D eigenvalue weighted by Crippen LogP contribution is -2.13. The topological polar surface area (TPSA) is 85.1 Å². The van der Waals surface area contributed by atoms with E-state index in [4.69, 9.17) is 11.6 Å². The predicted octanol–water partition coefficient (Wildman–Crippen LogP) is 3.34. The fourth-order valence-corrected chi connectivity index (χ4v) is 1.88. The van der Waals surface area contributed by atoms with Gasteiger partial charge in [-0.2, -0.15) is 4.39 Å². The standard InChI is InChI=1S/C13H9ClFN3O3/c1-7-4-11(18(20)21)9(14)5-10(7)17-13(19)8-2-3-12(15)16-6-8/h2-6H,1H3,(H,17,19). The van der Waals surface area contributed by atoms with Crippen molar-refractivity contribution < 1.29 is 14.1 Å². The maximum absolute atomic E-state index is 12.7. The monoisotopic (exact) mass is 309 g/mol. The fraction of sp³-hybridized carbons (Fsp3) is 0.0769. The van der Waals surface area contributed by atoms with Crippen LogP contribution in [0.4, 0.5) is 15.8 Å². The van der Waals surface area contributed by atoms with Gasteiger partial charge in [-0.15, -0.1) is 0 Å². The lowest BCUT2D eigenvalue weighted by atomic mass is 10.1. The van der Waals surface area contributed by atoms with Gasteiger partial charge in [0.2, 0.25) is 5.95 Å². The number of rotatable bonds is 3. The van der Waals surface area contributed by atoms with Crippen LogP contribution in [0.2, 0.25) is 5.02 Å². The average molecular weight is 310 g/mol. The summed E-state index contributed by atoms with van der Waals surface area (Å²) >= 11 is 5.79. The number of nitrogens with one attached hydrogen (secondary N) is 1. The molecule has 2 rings (SSSR count). The van der Waals surface area contributed by atoms with E-state index in [9.17, 15) is 19.3 Å². The molecule has 1 heterocycles. The maximum atomic E-state index is 12.7. The first kappa shape index (κ1) is 14.9. The number of amides is 1. The molecule has 1 aromatic carbocycles. The lowest BCUT2D eigenvalue weighted by molar-refractivity contribution is -0.384. The third-order valence-corrected chi connectivity index (χ3v) is 3.03. The highest BCUT2D eigenvalue weighted by molar-refractivity contribution is 6.33. The highest BCUT2D eigenvalue weighted by Gasteiger charge is 2.16. The zero-order valence-corrected chi connectivity index (χ0v) is 11.5. The minimum Gasteiger partial charge on any atom is -0.322 e. The Morgan fingerprint density at radius 3 is 2.71 bits per heavy atom. The van der Waals surface area contributed by atoms with Crippen molar-refractivity contribution >= 4 is 28.9 Å². The van der Waals surface area contributed by atoms with E-state index in [0.29, 0.717) is 11.3 Å². The van der Waals surface area contributed by atoms with Gasteiger partial charge in [-0.3, -0.25) is 14.9 Å². The number of aromatic nitrogens is 1. The van der Waals surface area contributed by atoms with Crippen LogP contribution in [0.1, 0.15) is 15.9 Å². The summed E-state index contributed by atoms with van der Waals surface area (Å²) < 4.78 is 12.7. The van der Waals surface area contributed by atoms with Crippen LogP contribution in [0.3, 0.4) is 0 Å². The molecule has 6 nitrogen and oxygen atoms in total. The van der Waals surface area contributed by atoms with Crippen molar-refractivity contribution in [2.45, 2.75) is 6.92 Å². The molecule has 0 radical (unpaired) electrons. The Morgan fingerprint density at radius 2 is 2.14 bits per heavy atom.